The Bertz CT molecular complexity index is 1150. The van der Waals surface area contributed by atoms with Crippen molar-refractivity contribution in [2.45, 2.75) is 13.8 Å². The predicted molar refractivity (Wildman–Crippen MR) is 119 cm³/mol. The van der Waals surface area contributed by atoms with Gasteiger partial charge in [-0.05, 0) is 50.3 Å². The fourth-order valence-electron chi connectivity index (χ4n) is 3.07. The molecule has 0 bridgehead atoms. The Kier molecular flexibility index (Phi) is 6.61. The third kappa shape index (κ3) is 5.45. The van der Waals surface area contributed by atoms with Crippen molar-refractivity contribution in [3.8, 4) is 5.69 Å². The molecule has 31 heavy (non-hydrogen) atoms. The van der Waals surface area contributed by atoms with Crippen molar-refractivity contribution < 1.29 is 14.4 Å². The van der Waals surface area contributed by atoms with E-state index in [2.05, 4.69) is 15.7 Å². The van der Waals surface area contributed by atoms with E-state index >= 15 is 0 Å². The van der Waals surface area contributed by atoms with E-state index in [0.717, 1.165) is 22.6 Å². The highest BCUT2D eigenvalue weighted by Gasteiger charge is 2.11. The van der Waals surface area contributed by atoms with Gasteiger partial charge in [0.2, 0.25) is 11.8 Å². The number of anilines is 1. The van der Waals surface area contributed by atoms with Crippen molar-refractivity contribution in [3.63, 3.8) is 0 Å². The molecule has 0 aliphatic heterocycles. The Morgan fingerprint density at radius 3 is 2.52 bits per heavy atom. The Balaban J connectivity index is 1.70. The van der Waals surface area contributed by atoms with Crippen LogP contribution in [-0.4, -0.2) is 34.0 Å². The molecule has 0 fully saturated rings. The maximum Gasteiger partial charge on any atom is 0.251 e. The van der Waals surface area contributed by atoms with Crippen molar-refractivity contribution in [1.29, 1.82) is 0 Å². The summed E-state index contributed by atoms with van der Waals surface area (Å²) in [6.07, 6.45) is 3.14. The summed E-state index contributed by atoms with van der Waals surface area (Å²) >= 11 is 0. The van der Waals surface area contributed by atoms with Crippen LogP contribution in [0.4, 0.5) is 5.69 Å². The van der Waals surface area contributed by atoms with E-state index in [9.17, 15) is 14.4 Å². The van der Waals surface area contributed by atoms with Crippen LogP contribution >= 0.6 is 0 Å². The van der Waals surface area contributed by atoms with Gasteiger partial charge in [-0.15, -0.1) is 0 Å². The zero-order chi connectivity index (χ0) is 22.4. The normalized spacial score (nSPS) is 10.8. The summed E-state index contributed by atoms with van der Waals surface area (Å²) < 4.78 is 1.83. The zero-order valence-corrected chi connectivity index (χ0v) is 17.3. The lowest BCUT2D eigenvalue weighted by atomic mass is 10.1. The summed E-state index contributed by atoms with van der Waals surface area (Å²) in [4.78, 5) is 35.2. The number of nitrogens with zero attached hydrogens (tertiary/aromatic N) is 2. The number of primary amides is 1. The van der Waals surface area contributed by atoms with E-state index in [1.807, 2.05) is 48.9 Å². The highest BCUT2D eigenvalue weighted by atomic mass is 16.2. The van der Waals surface area contributed by atoms with Gasteiger partial charge in [-0.25, -0.2) is 4.68 Å². The monoisotopic (exact) mass is 417 g/mol. The molecular weight excluding hydrogens is 394 g/mol. The average Bonchev–Trinajstić information content (AvgIpc) is 3.04. The standard InChI is InChI=1S/C23H23N5O3/c1-15-20(16(2)28(27-15)19-9-4-3-5-10-19)11-12-22(30)26-18-8-6-7-17(13-18)23(31)25-14-21(24)29/h3-13H,14H2,1-2H3,(H2,24,29)(H,25,31)(H,26,30)/b12-11+. The van der Waals surface area contributed by atoms with E-state index in [1.54, 1.807) is 24.3 Å². The van der Waals surface area contributed by atoms with Crippen LogP contribution in [0.25, 0.3) is 11.8 Å². The van der Waals surface area contributed by atoms with Crippen molar-refractivity contribution >= 4 is 29.5 Å². The Morgan fingerprint density at radius 1 is 1.06 bits per heavy atom. The third-order valence-electron chi connectivity index (χ3n) is 4.56. The number of nitrogens with one attached hydrogen (secondary N) is 2. The highest BCUT2D eigenvalue weighted by molar-refractivity contribution is 6.03. The maximum atomic E-state index is 12.4. The lowest BCUT2D eigenvalue weighted by molar-refractivity contribution is -0.117. The first-order valence-corrected chi connectivity index (χ1v) is 9.62. The number of aryl methyl sites for hydroxylation is 1. The summed E-state index contributed by atoms with van der Waals surface area (Å²) in [5, 5.41) is 9.69. The summed E-state index contributed by atoms with van der Waals surface area (Å²) in [5.41, 5.74) is 9.31. The molecule has 158 valence electrons. The van der Waals surface area contributed by atoms with Gasteiger partial charge in [0.25, 0.3) is 5.91 Å². The van der Waals surface area contributed by atoms with Gasteiger partial charge < -0.3 is 16.4 Å². The predicted octanol–water partition coefficient (Wildman–Crippen LogP) is 2.36. The van der Waals surface area contributed by atoms with Crippen molar-refractivity contribution in [2.24, 2.45) is 5.73 Å². The summed E-state index contributed by atoms with van der Waals surface area (Å²) in [6, 6.07) is 16.2. The van der Waals surface area contributed by atoms with Gasteiger partial charge in [-0.1, -0.05) is 24.3 Å². The summed E-state index contributed by atoms with van der Waals surface area (Å²) in [6.45, 7) is 3.57. The molecule has 1 heterocycles. The molecule has 1 aromatic heterocycles. The van der Waals surface area contributed by atoms with Gasteiger partial charge in [0.15, 0.2) is 0 Å². The van der Waals surface area contributed by atoms with Crippen LogP contribution in [0.15, 0.2) is 60.7 Å². The largest absolute Gasteiger partial charge is 0.368 e. The summed E-state index contributed by atoms with van der Waals surface area (Å²) in [7, 11) is 0. The number of hydrogen-bond acceptors (Lipinski definition) is 4. The molecule has 2 aromatic carbocycles. The van der Waals surface area contributed by atoms with E-state index in [0.29, 0.717) is 11.3 Å². The minimum atomic E-state index is -0.635. The Morgan fingerprint density at radius 2 is 1.81 bits per heavy atom. The van der Waals surface area contributed by atoms with E-state index < -0.39 is 11.8 Å². The highest BCUT2D eigenvalue weighted by Crippen LogP contribution is 2.19. The number of hydrogen-bond donors (Lipinski definition) is 3. The van der Waals surface area contributed by atoms with Gasteiger partial charge in [0.1, 0.15) is 0 Å². The van der Waals surface area contributed by atoms with E-state index in [4.69, 9.17) is 5.73 Å². The molecule has 0 saturated heterocycles. The minimum absolute atomic E-state index is 0.256. The van der Waals surface area contributed by atoms with Gasteiger partial charge in [0.05, 0.1) is 17.9 Å². The topological polar surface area (TPSA) is 119 Å². The average molecular weight is 417 g/mol. The number of nitrogens with two attached hydrogens (primary N) is 1. The number of benzene rings is 2. The number of amides is 3. The van der Waals surface area contributed by atoms with Crippen molar-refractivity contribution in [1.82, 2.24) is 15.1 Å². The fraction of sp³-hybridized carbons (Fsp3) is 0.130. The molecule has 3 aromatic rings. The van der Waals surface area contributed by atoms with Crippen molar-refractivity contribution in [3.05, 3.63) is 83.2 Å². The molecule has 0 aliphatic rings. The lowest BCUT2D eigenvalue weighted by Crippen LogP contribution is -2.33. The fourth-order valence-corrected chi connectivity index (χ4v) is 3.07. The SMILES string of the molecule is Cc1nn(-c2ccccc2)c(C)c1/C=C/C(=O)Nc1cccc(C(=O)NCC(N)=O)c1. The van der Waals surface area contributed by atoms with E-state index in [1.165, 1.54) is 12.1 Å². The maximum absolute atomic E-state index is 12.4. The quantitative estimate of drug-likeness (QED) is 0.511. The molecule has 0 aliphatic carbocycles. The second-order valence-electron chi connectivity index (χ2n) is 6.88. The second-order valence-corrected chi connectivity index (χ2v) is 6.88. The number of carbonyl (C=O) groups excluding carboxylic acids is 3. The van der Waals surface area contributed by atoms with Crippen LogP contribution in [-0.2, 0) is 9.59 Å². The summed E-state index contributed by atoms with van der Waals surface area (Å²) in [5.74, 6) is -1.44. The van der Waals surface area contributed by atoms with Crippen LogP contribution in [0.2, 0.25) is 0 Å². The number of rotatable bonds is 7. The number of para-hydroxylation sites is 1. The molecule has 0 atom stereocenters. The van der Waals surface area contributed by atoms with Gasteiger partial charge in [-0.3, -0.25) is 14.4 Å². The lowest BCUT2D eigenvalue weighted by Gasteiger charge is -2.06. The molecule has 0 unspecified atom stereocenters. The van der Waals surface area contributed by atoms with Crippen LogP contribution in [0.5, 0.6) is 0 Å². The number of carbonyl (C=O) groups is 3. The molecule has 3 amide bonds. The molecule has 0 spiro atoms. The van der Waals surface area contributed by atoms with Gasteiger partial charge >= 0.3 is 0 Å². The minimum Gasteiger partial charge on any atom is -0.368 e. The van der Waals surface area contributed by atoms with Crippen LogP contribution < -0.4 is 16.4 Å². The van der Waals surface area contributed by atoms with E-state index in [-0.39, 0.29) is 12.5 Å². The molecule has 8 nitrogen and oxygen atoms in total. The molecule has 3 rings (SSSR count). The molecule has 0 radical (unpaired) electrons. The van der Waals surface area contributed by atoms with Crippen molar-refractivity contribution in [2.75, 3.05) is 11.9 Å². The molecule has 0 saturated carbocycles. The van der Waals surface area contributed by atoms with Crippen LogP contribution in [0, 0.1) is 13.8 Å². The Labute approximate surface area is 179 Å². The second kappa shape index (κ2) is 9.53. The first-order valence-electron chi connectivity index (χ1n) is 9.62. The molecule has 8 heteroatoms. The van der Waals surface area contributed by atoms with Gasteiger partial charge in [-0.2, -0.15) is 5.10 Å². The zero-order valence-electron chi connectivity index (χ0n) is 17.3. The van der Waals surface area contributed by atoms with Crippen LogP contribution in [0.3, 0.4) is 0 Å². The smallest absolute Gasteiger partial charge is 0.251 e. The van der Waals surface area contributed by atoms with Gasteiger partial charge in [0, 0.05) is 28.6 Å². The Hall–Kier alpha value is -4.20. The van der Waals surface area contributed by atoms with Crippen LogP contribution in [0.1, 0.15) is 27.3 Å². The molecule has 4 N–H and O–H groups in total. The first kappa shape index (κ1) is 21.5. The molecular formula is C23H23N5O3. The first-order chi connectivity index (χ1) is 14.8. The third-order valence-corrected chi connectivity index (χ3v) is 4.56. The number of aromatic nitrogens is 2.